The van der Waals surface area contributed by atoms with Gasteiger partial charge in [0.2, 0.25) is 5.91 Å². The molecule has 0 aromatic heterocycles. The second-order valence-corrected chi connectivity index (χ2v) is 6.25. The third-order valence-electron chi connectivity index (χ3n) is 3.88. The molecule has 7 nitrogen and oxygen atoms in total. The van der Waals surface area contributed by atoms with Crippen molar-refractivity contribution >= 4 is 18.0 Å². The predicted octanol–water partition coefficient (Wildman–Crippen LogP) is 2.55. The van der Waals surface area contributed by atoms with E-state index in [0.717, 1.165) is 11.1 Å². The fourth-order valence-corrected chi connectivity index (χ4v) is 2.26. The highest BCUT2D eigenvalue weighted by atomic mass is 16.5. The van der Waals surface area contributed by atoms with Gasteiger partial charge in [-0.05, 0) is 25.0 Å². The maximum Gasteiger partial charge on any atom is 0.408 e. The Labute approximate surface area is 164 Å². The SMILES string of the molecule is CC(NC(=O)OCc1ccccc1)C(=O)NC(C)C(=O)OCc1ccccc1. The van der Waals surface area contributed by atoms with E-state index in [9.17, 15) is 14.4 Å². The summed E-state index contributed by atoms with van der Waals surface area (Å²) in [6.07, 6.45) is -0.717. The molecule has 2 aromatic rings. The Kier molecular flexibility index (Phi) is 8.02. The van der Waals surface area contributed by atoms with E-state index in [1.54, 1.807) is 0 Å². The minimum atomic E-state index is -0.868. The molecule has 2 rings (SSSR count). The summed E-state index contributed by atoms with van der Waals surface area (Å²) in [6, 6.07) is 16.7. The Morgan fingerprint density at radius 3 is 1.79 bits per heavy atom. The number of hydrogen-bond donors (Lipinski definition) is 2. The van der Waals surface area contributed by atoms with E-state index in [1.807, 2.05) is 60.7 Å². The van der Waals surface area contributed by atoms with E-state index in [4.69, 9.17) is 9.47 Å². The number of esters is 1. The van der Waals surface area contributed by atoms with Crippen molar-refractivity contribution in [3.8, 4) is 0 Å². The van der Waals surface area contributed by atoms with Gasteiger partial charge in [0.05, 0.1) is 0 Å². The summed E-state index contributed by atoms with van der Waals surface area (Å²) in [5, 5.41) is 4.94. The molecule has 0 saturated heterocycles. The van der Waals surface area contributed by atoms with Crippen LogP contribution >= 0.6 is 0 Å². The van der Waals surface area contributed by atoms with Crippen LogP contribution in [0.1, 0.15) is 25.0 Å². The summed E-state index contributed by atoms with van der Waals surface area (Å²) in [4.78, 5) is 36.0. The molecule has 2 N–H and O–H groups in total. The van der Waals surface area contributed by atoms with Crippen molar-refractivity contribution in [1.82, 2.24) is 10.6 Å². The van der Waals surface area contributed by atoms with Gasteiger partial charge in [0, 0.05) is 0 Å². The molecule has 0 saturated carbocycles. The average Bonchev–Trinajstić information content (AvgIpc) is 2.71. The van der Waals surface area contributed by atoms with E-state index in [1.165, 1.54) is 13.8 Å². The van der Waals surface area contributed by atoms with Crippen LogP contribution in [-0.2, 0) is 32.3 Å². The van der Waals surface area contributed by atoms with Crippen LogP contribution < -0.4 is 10.6 Å². The largest absolute Gasteiger partial charge is 0.459 e. The van der Waals surface area contributed by atoms with Gasteiger partial charge in [-0.15, -0.1) is 0 Å². The average molecular weight is 384 g/mol. The predicted molar refractivity (Wildman–Crippen MR) is 103 cm³/mol. The number of ether oxygens (including phenoxy) is 2. The maximum absolute atomic E-state index is 12.2. The molecule has 148 valence electrons. The molecular weight excluding hydrogens is 360 g/mol. The summed E-state index contributed by atoms with van der Waals surface area (Å²) < 4.78 is 10.2. The fraction of sp³-hybridized carbons (Fsp3) is 0.286. The highest BCUT2D eigenvalue weighted by Gasteiger charge is 2.22. The molecule has 0 aliphatic carbocycles. The van der Waals surface area contributed by atoms with Crippen LogP contribution in [0, 0.1) is 0 Å². The van der Waals surface area contributed by atoms with Crippen LogP contribution in [0.2, 0.25) is 0 Å². The van der Waals surface area contributed by atoms with E-state index >= 15 is 0 Å². The minimum Gasteiger partial charge on any atom is -0.459 e. The molecule has 7 heteroatoms. The van der Waals surface area contributed by atoms with Crippen LogP contribution in [0.5, 0.6) is 0 Å². The van der Waals surface area contributed by atoms with Gasteiger partial charge < -0.3 is 20.1 Å². The number of rotatable bonds is 8. The van der Waals surface area contributed by atoms with E-state index < -0.39 is 30.1 Å². The summed E-state index contributed by atoms with van der Waals surface area (Å²) in [6.45, 7) is 3.25. The second kappa shape index (κ2) is 10.7. The monoisotopic (exact) mass is 384 g/mol. The molecule has 28 heavy (non-hydrogen) atoms. The fourth-order valence-electron chi connectivity index (χ4n) is 2.26. The minimum absolute atomic E-state index is 0.100. The molecule has 0 fully saturated rings. The Morgan fingerprint density at radius 1 is 0.750 bits per heavy atom. The lowest BCUT2D eigenvalue weighted by Gasteiger charge is -2.17. The standard InChI is InChI=1S/C21H24N2O5/c1-15(23-21(26)28-14-18-11-7-4-8-12-18)19(24)22-16(2)20(25)27-13-17-9-5-3-6-10-17/h3-12,15-16H,13-14H2,1-2H3,(H,22,24)(H,23,26). The maximum atomic E-state index is 12.2. The first kappa shape index (κ1) is 21.0. The quantitative estimate of drug-likeness (QED) is 0.682. The first-order valence-corrected chi connectivity index (χ1v) is 8.94. The van der Waals surface area contributed by atoms with Crippen molar-refractivity contribution in [2.45, 2.75) is 39.1 Å². The van der Waals surface area contributed by atoms with Gasteiger partial charge in [-0.25, -0.2) is 9.59 Å². The number of amides is 2. The number of hydrogen-bond acceptors (Lipinski definition) is 5. The summed E-state index contributed by atoms with van der Waals surface area (Å²) >= 11 is 0. The molecular formula is C21H24N2O5. The van der Waals surface area contributed by atoms with Crippen molar-refractivity contribution < 1.29 is 23.9 Å². The number of alkyl carbamates (subject to hydrolysis) is 1. The van der Waals surface area contributed by atoms with Gasteiger partial charge in [-0.3, -0.25) is 4.79 Å². The van der Waals surface area contributed by atoms with Crippen LogP contribution in [0.25, 0.3) is 0 Å². The Hall–Kier alpha value is -3.35. The molecule has 0 aliphatic heterocycles. The number of carbonyl (C=O) groups excluding carboxylic acids is 3. The van der Waals surface area contributed by atoms with Crippen LogP contribution in [0.15, 0.2) is 60.7 Å². The lowest BCUT2D eigenvalue weighted by atomic mass is 10.2. The lowest BCUT2D eigenvalue weighted by Crippen LogP contribution is -2.49. The number of carbonyl (C=O) groups is 3. The summed E-state index contributed by atoms with van der Waals surface area (Å²) in [7, 11) is 0. The van der Waals surface area contributed by atoms with Crippen molar-refractivity contribution in [3.63, 3.8) is 0 Å². The second-order valence-electron chi connectivity index (χ2n) is 6.25. The molecule has 2 aromatic carbocycles. The van der Waals surface area contributed by atoms with E-state index in [2.05, 4.69) is 10.6 Å². The molecule has 0 heterocycles. The number of nitrogens with one attached hydrogen (secondary N) is 2. The van der Waals surface area contributed by atoms with Crippen molar-refractivity contribution in [3.05, 3.63) is 71.8 Å². The Bertz CT molecular complexity index is 780. The molecule has 2 amide bonds. The third kappa shape index (κ3) is 7.11. The zero-order chi connectivity index (χ0) is 20.4. The van der Waals surface area contributed by atoms with Gasteiger partial charge in [-0.1, -0.05) is 60.7 Å². The summed E-state index contributed by atoms with van der Waals surface area (Å²) in [5.41, 5.74) is 1.69. The number of benzene rings is 2. The van der Waals surface area contributed by atoms with Crippen LogP contribution in [0.4, 0.5) is 4.79 Å². The smallest absolute Gasteiger partial charge is 0.408 e. The molecule has 0 aliphatic rings. The first-order valence-electron chi connectivity index (χ1n) is 8.94. The molecule has 0 bridgehead atoms. The van der Waals surface area contributed by atoms with Crippen molar-refractivity contribution in [2.24, 2.45) is 0 Å². The van der Waals surface area contributed by atoms with E-state index in [0.29, 0.717) is 0 Å². The lowest BCUT2D eigenvalue weighted by molar-refractivity contribution is -0.148. The first-order chi connectivity index (χ1) is 13.5. The Morgan fingerprint density at radius 2 is 1.25 bits per heavy atom. The zero-order valence-electron chi connectivity index (χ0n) is 15.9. The van der Waals surface area contributed by atoms with Gasteiger partial charge >= 0.3 is 12.1 Å². The summed E-state index contributed by atoms with van der Waals surface area (Å²) in [5.74, 6) is -1.07. The van der Waals surface area contributed by atoms with Crippen LogP contribution in [0.3, 0.4) is 0 Å². The van der Waals surface area contributed by atoms with Gasteiger partial charge in [0.1, 0.15) is 25.3 Å². The highest BCUT2D eigenvalue weighted by Crippen LogP contribution is 2.03. The third-order valence-corrected chi connectivity index (χ3v) is 3.88. The molecule has 2 atom stereocenters. The van der Waals surface area contributed by atoms with Gasteiger partial charge in [-0.2, -0.15) is 0 Å². The highest BCUT2D eigenvalue weighted by molar-refractivity contribution is 5.89. The zero-order valence-corrected chi connectivity index (χ0v) is 15.9. The van der Waals surface area contributed by atoms with Crippen LogP contribution in [-0.4, -0.2) is 30.1 Å². The van der Waals surface area contributed by atoms with Gasteiger partial charge in [0.15, 0.2) is 0 Å². The Balaban J connectivity index is 1.71. The van der Waals surface area contributed by atoms with E-state index in [-0.39, 0.29) is 13.2 Å². The molecule has 0 spiro atoms. The molecule has 0 radical (unpaired) electrons. The van der Waals surface area contributed by atoms with Crippen molar-refractivity contribution in [2.75, 3.05) is 0 Å². The van der Waals surface area contributed by atoms with Crippen molar-refractivity contribution in [1.29, 1.82) is 0 Å². The normalized spacial score (nSPS) is 12.4. The topological polar surface area (TPSA) is 93.7 Å². The molecule has 2 unspecified atom stereocenters. The van der Waals surface area contributed by atoms with Gasteiger partial charge in [0.25, 0.3) is 0 Å².